The maximum absolute atomic E-state index is 6.20. The molecule has 1 aliphatic heterocycles. The fraction of sp³-hybridized carbons (Fsp3) is 0.455. The second kappa shape index (κ2) is 4.26. The third kappa shape index (κ3) is 1.70. The van der Waals surface area contributed by atoms with E-state index in [1.165, 1.54) is 25.0 Å². The summed E-state index contributed by atoms with van der Waals surface area (Å²) in [5, 5.41) is 9.60. The summed E-state index contributed by atoms with van der Waals surface area (Å²) < 4.78 is 1.96. The summed E-state index contributed by atoms with van der Waals surface area (Å²) in [6.07, 6.45) is 3.76. The Kier molecular flexibility index (Phi) is 2.77. The molecule has 0 N–H and O–H groups in total. The van der Waals surface area contributed by atoms with Crippen LogP contribution in [0.15, 0.2) is 18.2 Å². The van der Waals surface area contributed by atoms with E-state index in [1.54, 1.807) is 0 Å². The van der Waals surface area contributed by atoms with Crippen LogP contribution in [0.25, 0.3) is 5.65 Å². The predicted octanol–water partition coefficient (Wildman–Crippen LogP) is 3.34. The normalized spacial score (nSPS) is 21.4. The molecule has 1 atom stereocenters. The summed E-state index contributed by atoms with van der Waals surface area (Å²) in [6.45, 7) is 0. The van der Waals surface area contributed by atoms with Crippen LogP contribution in [0.1, 0.15) is 30.3 Å². The number of nitrogens with zero attached hydrogens (tertiary/aromatic N) is 3. The summed E-state index contributed by atoms with van der Waals surface area (Å²) in [5.74, 6) is 2.22. The predicted molar refractivity (Wildman–Crippen MR) is 67.0 cm³/mol. The fourth-order valence-electron chi connectivity index (χ4n) is 2.08. The number of thioether (sulfide) groups is 1. The Morgan fingerprint density at radius 2 is 2.25 bits per heavy atom. The van der Waals surface area contributed by atoms with E-state index in [0.29, 0.717) is 10.4 Å². The minimum absolute atomic E-state index is 0.448. The smallest absolute Gasteiger partial charge is 0.161 e. The first-order chi connectivity index (χ1) is 7.86. The van der Waals surface area contributed by atoms with Gasteiger partial charge in [0.15, 0.2) is 11.5 Å². The molecule has 0 aliphatic carbocycles. The molecule has 0 saturated carbocycles. The van der Waals surface area contributed by atoms with Crippen molar-refractivity contribution in [2.75, 3.05) is 5.75 Å². The highest BCUT2D eigenvalue weighted by Crippen LogP contribution is 2.37. The molecule has 5 heteroatoms. The Hall–Kier alpha value is -0.740. The largest absolute Gasteiger partial charge is 0.268 e. The lowest BCUT2D eigenvalue weighted by Crippen LogP contribution is -2.06. The van der Waals surface area contributed by atoms with Crippen molar-refractivity contribution in [3.8, 4) is 0 Å². The van der Waals surface area contributed by atoms with Crippen LogP contribution in [0.4, 0.5) is 0 Å². The van der Waals surface area contributed by atoms with E-state index in [2.05, 4.69) is 10.2 Å². The van der Waals surface area contributed by atoms with Crippen molar-refractivity contribution >= 4 is 29.0 Å². The highest BCUT2D eigenvalue weighted by Gasteiger charge is 2.22. The zero-order valence-corrected chi connectivity index (χ0v) is 10.3. The number of hydrogen-bond acceptors (Lipinski definition) is 3. The minimum Gasteiger partial charge on any atom is -0.268 e. The van der Waals surface area contributed by atoms with E-state index in [-0.39, 0.29) is 0 Å². The Balaban J connectivity index is 2.09. The molecular weight excluding hydrogens is 242 g/mol. The molecule has 3 nitrogen and oxygen atoms in total. The maximum Gasteiger partial charge on any atom is 0.161 e. The van der Waals surface area contributed by atoms with Crippen molar-refractivity contribution < 1.29 is 0 Å². The summed E-state index contributed by atoms with van der Waals surface area (Å²) in [4.78, 5) is 0. The summed E-state index contributed by atoms with van der Waals surface area (Å²) in [6, 6.07) is 5.73. The molecular formula is C11H12ClN3S. The van der Waals surface area contributed by atoms with Gasteiger partial charge in [0.2, 0.25) is 0 Å². The van der Waals surface area contributed by atoms with Gasteiger partial charge in [-0.3, -0.25) is 4.40 Å². The average Bonchev–Trinajstić information content (AvgIpc) is 2.75. The molecule has 0 spiro atoms. The Bertz CT molecular complexity index is 505. The first-order valence-electron chi connectivity index (χ1n) is 5.47. The monoisotopic (exact) mass is 253 g/mol. The summed E-state index contributed by atoms with van der Waals surface area (Å²) in [7, 11) is 0. The van der Waals surface area contributed by atoms with Gasteiger partial charge < -0.3 is 0 Å². The molecule has 1 fully saturated rings. The van der Waals surface area contributed by atoms with E-state index in [0.717, 1.165) is 11.5 Å². The molecule has 1 unspecified atom stereocenters. The molecule has 0 aromatic carbocycles. The topological polar surface area (TPSA) is 30.2 Å². The van der Waals surface area contributed by atoms with Gasteiger partial charge >= 0.3 is 0 Å². The van der Waals surface area contributed by atoms with E-state index < -0.39 is 0 Å². The molecule has 2 aromatic rings. The second-order valence-corrected chi connectivity index (χ2v) is 5.65. The molecule has 1 aliphatic rings. The Morgan fingerprint density at radius 3 is 3.06 bits per heavy atom. The summed E-state index contributed by atoms with van der Waals surface area (Å²) >= 11 is 8.16. The van der Waals surface area contributed by atoms with Gasteiger partial charge in [0.25, 0.3) is 0 Å². The van der Waals surface area contributed by atoms with Crippen LogP contribution in [0.3, 0.4) is 0 Å². The molecule has 2 aromatic heterocycles. The lowest BCUT2D eigenvalue weighted by atomic mass is 10.2. The molecule has 0 amide bonds. The lowest BCUT2D eigenvalue weighted by molar-refractivity contribution is 0.657. The molecule has 1 saturated heterocycles. The Labute approximate surface area is 103 Å². The van der Waals surface area contributed by atoms with Gasteiger partial charge in [-0.05, 0) is 30.7 Å². The number of aromatic nitrogens is 3. The lowest BCUT2D eigenvalue weighted by Gasteiger charge is -2.19. The third-order valence-electron chi connectivity index (χ3n) is 2.87. The van der Waals surface area contributed by atoms with Gasteiger partial charge in [-0.2, -0.15) is 11.8 Å². The van der Waals surface area contributed by atoms with Gasteiger partial charge in [-0.15, -0.1) is 10.2 Å². The highest BCUT2D eigenvalue weighted by molar-refractivity contribution is 7.99. The molecule has 0 bridgehead atoms. The van der Waals surface area contributed by atoms with Gasteiger partial charge in [0.05, 0.1) is 5.25 Å². The van der Waals surface area contributed by atoms with Crippen LogP contribution in [0.5, 0.6) is 0 Å². The van der Waals surface area contributed by atoms with Crippen LogP contribution in [0.2, 0.25) is 5.15 Å². The van der Waals surface area contributed by atoms with Gasteiger partial charge in [0, 0.05) is 0 Å². The van der Waals surface area contributed by atoms with Crippen molar-refractivity contribution in [1.82, 2.24) is 14.6 Å². The molecule has 84 valence electrons. The standard InChI is InChI=1S/C11H12ClN3S/c12-9-5-3-6-10-13-14-11(15(9)10)8-4-1-2-7-16-8/h3,5-6,8H,1-2,4,7H2. The van der Waals surface area contributed by atoms with Gasteiger partial charge in [0.1, 0.15) is 5.15 Å². The first kappa shape index (κ1) is 10.4. The van der Waals surface area contributed by atoms with Crippen LogP contribution >= 0.6 is 23.4 Å². The quantitative estimate of drug-likeness (QED) is 0.731. The van der Waals surface area contributed by atoms with Crippen LogP contribution in [-0.2, 0) is 0 Å². The van der Waals surface area contributed by atoms with Crippen molar-refractivity contribution in [3.05, 3.63) is 29.2 Å². The SMILES string of the molecule is Clc1cccc2nnc(C3CCCCS3)n12. The van der Waals surface area contributed by atoms with E-state index in [9.17, 15) is 0 Å². The number of hydrogen-bond donors (Lipinski definition) is 0. The first-order valence-corrected chi connectivity index (χ1v) is 6.90. The Morgan fingerprint density at radius 1 is 1.31 bits per heavy atom. The van der Waals surface area contributed by atoms with Crippen molar-refractivity contribution in [3.63, 3.8) is 0 Å². The van der Waals surface area contributed by atoms with Crippen molar-refractivity contribution in [1.29, 1.82) is 0 Å². The van der Waals surface area contributed by atoms with Crippen LogP contribution < -0.4 is 0 Å². The van der Waals surface area contributed by atoms with Crippen LogP contribution in [0, 0.1) is 0 Å². The van der Waals surface area contributed by atoms with Crippen LogP contribution in [-0.4, -0.2) is 20.4 Å². The number of rotatable bonds is 1. The van der Waals surface area contributed by atoms with Gasteiger partial charge in [-0.1, -0.05) is 24.1 Å². The molecule has 0 radical (unpaired) electrons. The zero-order chi connectivity index (χ0) is 11.0. The van der Waals surface area contributed by atoms with E-state index in [1.807, 2.05) is 34.4 Å². The molecule has 16 heavy (non-hydrogen) atoms. The number of pyridine rings is 1. The molecule has 3 rings (SSSR count). The fourth-order valence-corrected chi connectivity index (χ4v) is 3.61. The second-order valence-electron chi connectivity index (χ2n) is 3.96. The third-order valence-corrected chi connectivity index (χ3v) is 4.54. The van der Waals surface area contributed by atoms with Crippen molar-refractivity contribution in [2.45, 2.75) is 24.5 Å². The van der Waals surface area contributed by atoms with Crippen molar-refractivity contribution in [2.24, 2.45) is 0 Å². The maximum atomic E-state index is 6.20. The summed E-state index contributed by atoms with van der Waals surface area (Å²) in [5.41, 5.74) is 0.841. The van der Waals surface area contributed by atoms with E-state index >= 15 is 0 Å². The minimum atomic E-state index is 0.448. The number of fused-ring (bicyclic) bond motifs is 1. The van der Waals surface area contributed by atoms with E-state index in [4.69, 9.17) is 11.6 Å². The highest BCUT2D eigenvalue weighted by atomic mass is 35.5. The molecule has 3 heterocycles. The zero-order valence-electron chi connectivity index (χ0n) is 8.77. The average molecular weight is 254 g/mol. The van der Waals surface area contributed by atoms with Gasteiger partial charge in [-0.25, -0.2) is 0 Å². The number of halogens is 1.